The van der Waals surface area contributed by atoms with E-state index in [4.69, 9.17) is 18.9 Å². The van der Waals surface area contributed by atoms with Gasteiger partial charge in [-0.2, -0.15) is 11.3 Å². The Morgan fingerprint density at radius 1 is 1.38 bits per heavy atom. The van der Waals surface area contributed by atoms with Gasteiger partial charge < -0.3 is 18.9 Å². The molecule has 0 radical (unpaired) electrons. The third kappa shape index (κ3) is 4.36. The van der Waals surface area contributed by atoms with Crippen LogP contribution in [-0.4, -0.2) is 59.7 Å². The number of urea groups is 1. The number of hydrazine groups is 2. The molecule has 160 valence electrons. The Kier molecular flexibility index (Phi) is 6.11. The van der Waals surface area contributed by atoms with Crippen LogP contribution in [0.15, 0.2) is 32.7 Å². The van der Waals surface area contributed by atoms with Crippen molar-refractivity contribution in [3.63, 3.8) is 0 Å². The van der Waals surface area contributed by atoms with Crippen LogP contribution >= 0.6 is 11.3 Å². The number of hydrogen-bond donors (Lipinski definition) is 3. The topological polar surface area (TPSA) is 140 Å². The van der Waals surface area contributed by atoms with Gasteiger partial charge in [-0.1, -0.05) is 10.3 Å². The summed E-state index contributed by atoms with van der Waals surface area (Å²) in [6.45, 7) is -0.858. The van der Waals surface area contributed by atoms with Crippen molar-refractivity contribution in [2.75, 3.05) is 34.1 Å². The second-order valence-corrected chi connectivity index (χ2v) is 7.95. The Labute approximate surface area is 169 Å². The molecule has 3 rings (SSSR count). The van der Waals surface area contributed by atoms with Crippen LogP contribution in [0.25, 0.3) is 0 Å². The minimum absolute atomic E-state index is 0.0248. The lowest BCUT2D eigenvalue weighted by molar-refractivity contribution is -0.178. The van der Waals surface area contributed by atoms with Gasteiger partial charge in [0.1, 0.15) is 11.6 Å². The van der Waals surface area contributed by atoms with E-state index in [1.165, 1.54) is 31.1 Å². The summed E-state index contributed by atoms with van der Waals surface area (Å²) in [6.07, 6.45) is 1.41. The molecule has 2 amide bonds. The van der Waals surface area contributed by atoms with Gasteiger partial charge in [0, 0.05) is 16.3 Å². The van der Waals surface area contributed by atoms with E-state index in [-0.39, 0.29) is 35.5 Å². The molecule has 0 unspecified atom stereocenters. The lowest BCUT2D eigenvalue weighted by Crippen LogP contribution is -2.53. The molecule has 15 heteroatoms. The number of hydrazone groups is 1. The second-order valence-electron chi connectivity index (χ2n) is 5.56. The number of nitrogens with zero attached hydrogens (tertiary/aromatic N) is 2. The Bertz CT molecular complexity index is 927. The average Bonchev–Trinajstić information content (AvgIpc) is 3.37. The molecular formula is C14H18FN5O7S2. The van der Waals surface area contributed by atoms with Crippen LogP contribution < -0.4 is 15.6 Å². The Hall–Kier alpha value is -2.62. The summed E-state index contributed by atoms with van der Waals surface area (Å²) in [5.74, 6) is -1.55. The van der Waals surface area contributed by atoms with Crippen molar-refractivity contribution in [3.8, 4) is 0 Å². The Morgan fingerprint density at radius 2 is 2.10 bits per heavy atom. The molecule has 1 aromatic rings. The Morgan fingerprint density at radius 3 is 2.72 bits per heavy atom. The molecule has 0 saturated carbocycles. The zero-order valence-corrected chi connectivity index (χ0v) is 16.9. The lowest BCUT2D eigenvalue weighted by atomic mass is 10.1. The number of ether oxygens (including phenoxy) is 4. The standard InChI is InChI=1S/C14H18FN5O7S2/c1-24-11-5-12(25-2)17-20(16-11)18-13(21)19-29(22,23)10-7-28-6-9(10)14(8-15)26-3-4-27-14/h5-7,16H,3-4,8H2,1-2H3,(H2,18,19,21). The van der Waals surface area contributed by atoms with E-state index in [1.54, 1.807) is 0 Å². The maximum atomic E-state index is 13.6. The quantitative estimate of drug-likeness (QED) is 0.549. The van der Waals surface area contributed by atoms with Gasteiger partial charge >= 0.3 is 6.03 Å². The number of thiophene rings is 1. The van der Waals surface area contributed by atoms with Gasteiger partial charge in [-0.05, 0) is 0 Å². The fourth-order valence-corrected chi connectivity index (χ4v) is 4.90. The molecule has 1 aromatic heterocycles. The van der Waals surface area contributed by atoms with Crippen LogP contribution in [0, 0.1) is 0 Å². The van der Waals surface area contributed by atoms with E-state index >= 15 is 0 Å². The van der Waals surface area contributed by atoms with Crippen LogP contribution in [0.2, 0.25) is 0 Å². The van der Waals surface area contributed by atoms with Crippen LogP contribution in [0.5, 0.6) is 0 Å². The van der Waals surface area contributed by atoms with Crippen molar-refractivity contribution in [2.24, 2.45) is 5.10 Å². The highest BCUT2D eigenvalue weighted by molar-refractivity contribution is 7.90. The molecule has 2 aliphatic heterocycles. The first kappa shape index (κ1) is 21.1. The van der Waals surface area contributed by atoms with Gasteiger partial charge in [-0.15, -0.1) is 0 Å². The second kappa shape index (κ2) is 8.40. The van der Waals surface area contributed by atoms with E-state index < -0.39 is 28.5 Å². The highest BCUT2D eigenvalue weighted by Crippen LogP contribution is 2.38. The van der Waals surface area contributed by atoms with Crippen molar-refractivity contribution in [1.29, 1.82) is 0 Å². The molecule has 2 aliphatic rings. The van der Waals surface area contributed by atoms with Gasteiger partial charge in [0.2, 0.25) is 17.6 Å². The first-order valence-electron chi connectivity index (χ1n) is 8.02. The monoisotopic (exact) mass is 451 g/mol. The first-order chi connectivity index (χ1) is 13.8. The molecule has 1 fully saturated rings. The van der Waals surface area contributed by atoms with Gasteiger partial charge in [0.25, 0.3) is 10.0 Å². The van der Waals surface area contributed by atoms with Crippen LogP contribution in [0.3, 0.4) is 0 Å². The Balaban J connectivity index is 1.74. The zero-order chi connectivity index (χ0) is 21.1. The minimum atomic E-state index is -4.38. The number of carbonyl (C=O) groups is 1. The summed E-state index contributed by atoms with van der Waals surface area (Å²) >= 11 is 1.00. The van der Waals surface area contributed by atoms with Crippen molar-refractivity contribution in [1.82, 2.24) is 20.8 Å². The highest BCUT2D eigenvalue weighted by atomic mass is 32.2. The molecule has 12 nitrogen and oxygen atoms in total. The first-order valence-corrected chi connectivity index (χ1v) is 10.4. The largest absolute Gasteiger partial charge is 0.481 e. The van der Waals surface area contributed by atoms with Crippen molar-refractivity contribution >= 4 is 33.3 Å². The minimum Gasteiger partial charge on any atom is -0.481 e. The summed E-state index contributed by atoms with van der Waals surface area (Å²) in [6, 6.07) is -1.14. The smallest absolute Gasteiger partial charge is 0.350 e. The number of alkyl halides is 1. The van der Waals surface area contributed by atoms with E-state index in [0.717, 1.165) is 16.6 Å². The fourth-order valence-electron chi connectivity index (χ4n) is 2.48. The number of rotatable bonds is 6. The number of hydrogen-bond acceptors (Lipinski definition) is 11. The summed E-state index contributed by atoms with van der Waals surface area (Å²) in [4.78, 5) is 11.9. The zero-order valence-electron chi connectivity index (χ0n) is 15.3. The number of halogens is 1. The van der Waals surface area contributed by atoms with Crippen LogP contribution in [0.1, 0.15) is 5.56 Å². The van der Waals surface area contributed by atoms with Crippen molar-refractivity contribution in [3.05, 3.63) is 28.3 Å². The van der Waals surface area contributed by atoms with Gasteiger partial charge in [0.05, 0.1) is 33.5 Å². The molecule has 0 aliphatic carbocycles. The van der Waals surface area contributed by atoms with Gasteiger partial charge in [0.15, 0.2) is 0 Å². The molecular weight excluding hydrogens is 433 g/mol. The third-order valence-corrected chi connectivity index (χ3v) is 6.05. The molecule has 1 saturated heterocycles. The average molecular weight is 451 g/mol. The summed E-state index contributed by atoms with van der Waals surface area (Å²) in [5.41, 5.74) is 4.67. The predicted octanol–water partition coefficient (Wildman–Crippen LogP) is 0.0880. The van der Waals surface area contributed by atoms with Gasteiger partial charge in [-0.3, -0.25) is 0 Å². The van der Waals surface area contributed by atoms with Crippen molar-refractivity contribution in [2.45, 2.75) is 10.7 Å². The van der Waals surface area contributed by atoms with Crippen molar-refractivity contribution < 1.29 is 36.6 Å². The molecule has 3 N–H and O–H groups in total. The maximum absolute atomic E-state index is 13.6. The summed E-state index contributed by atoms with van der Waals surface area (Å²) in [5, 5.41) is 7.28. The molecule has 0 atom stereocenters. The van der Waals surface area contributed by atoms with E-state index in [2.05, 4.69) is 16.0 Å². The molecule has 0 aromatic carbocycles. The molecule has 3 heterocycles. The normalized spacial score (nSPS) is 18.4. The number of sulfonamides is 1. The SMILES string of the molecule is COC1=CC(OC)=NN(NC(=O)NS(=O)(=O)c2cscc2C2(CF)OCCO2)N1. The number of amides is 2. The maximum Gasteiger partial charge on any atom is 0.350 e. The van der Waals surface area contributed by atoms with Gasteiger partial charge in [-0.25, -0.2) is 33.2 Å². The van der Waals surface area contributed by atoms with E-state index in [9.17, 15) is 17.6 Å². The number of nitrogens with one attached hydrogen (secondary N) is 3. The van der Waals surface area contributed by atoms with Crippen LogP contribution in [-0.2, 0) is 34.8 Å². The highest BCUT2D eigenvalue weighted by Gasteiger charge is 2.43. The summed E-state index contributed by atoms with van der Waals surface area (Å²) in [7, 11) is -1.66. The lowest BCUT2D eigenvalue weighted by Gasteiger charge is -2.26. The third-order valence-electron chi connectivity index (χ3n) is 3.79. The van der Waals surface area contributed by atoms with E-state index in [1.807, 2.05) is 4.72 Å². The summed E-state index contributed by atoms with van der Waals surface area (Å²) < 4.78 is 61.3. The predicted molar refractivity (Wildman–Crippen MR) is 97.2 cm³/mol. The molecule has 0 spiro atoms. The number of methoxy groups -OCH3 is 2. The molecule has 29 heavy (non-hydrogen) atoms. The molecule has 0 bridgehead atoms. The van der Waals surface area contributed by atoms with E-state index in [0.29, 0.717) is 0 Å². The fraction of sp³-hybridized carbons (Fsp3) is 0.429. The van der Waals surface area contributed by atoms with Crippen LogP contribution in [0.4, 0.5) is 9.18 Å². The number of carbonyl (C=O) groups excluding carboxylic acids is 1.